The molecule has 1 aromatic rings. The molecule has 0 amide bonds. The second kappa shape index (κ2) is 8.49. The zero-order valence-electron chi connectivity index (χ0n) is 12.6. The molecule has 0 heterocycles. The zero-order chi connectivity index (χ0) is 14.3. The van der Waals surface area contributed by atoms with Gasteiger partial charge in [0.2, 0.25) is 0 Å². The van der Waals surface area contributed by atoms with Crippen LogP contribution in [0.3, 0.4) is 0 Å². The average molecular weight is 281 g/mol. The number of aryl methyl sites for hydroxylation is 1. The first-order valence-corrected chi connectivity index (χ1v) is 8.70. The third-order valence-corrected chi connectivity index (χ3v) is 5.06. The van der Waals surface area contributed by atoms with Gasteiger partial charge in [-0.3, -0.25) is 4.21 Å². The molecule has 3 heteroatoms. The van der Waals surface area contributed by atoms with Crippen LogP contribution in [0.25, 0.3) is 0 Å². The molecule has 19 heavy (non-hydrogen) atoms. The van der Waals surface area contributed by atoms with Crippen LogP contribution >= 0.6 is 0 Å². The first kappa shape index (κ1) is 16.4. The van der Waals surface area contributed by atoms with Gasteiger partial charge in [0, 0.05) is 28.3 Å². The van der Waals surface area contributed by atoms with Crippen molar-refractivity contribution in [1.82, 2.24) is 5.32 Å². The maximum Gasteiger partial charge on any atom is 0.0436 e. The van der Waals surface area contributed by atoms with Gasteiger partial charge in [0.15, 0.2) is 0 Å². The van der Waals surface area contributed by atoms with Gasteiger partial charge < -0.3 is 5.32 Å². The molecule has 1 aromatic carbocycles. The molecule has 0 aliphatic rings. The van der Waals surface area contributed by atoms with E-state index in [0.717, 1.165) is 18.7 Å². The Kier molecular flexibility index (Phi) is 7.32. The molecule has 3 atom stereocenters. The maximum atomic E-state index is 12.2. The van der Waals surface area contributed by atoms with Crippen molar-refractivity contribution in [3.8, 4) is 0 Å². The quantitative estimate of drug-likeness (QED) is 0.791. The molecule has 0 saturated heterocycles. The van der Waals surface area contributed by atoms with E-state index in [-0.39, 0.29) is 6.04 Å². The van der Waals surface area contributed by atoms with Gasteiger partial charge >= 0.3 is 0 Å². The fourth-order valence-corrected chi connectivity index (χ4v) is 3.78. The summed E-state index contributed by atoms with van der Waals surface area (Å²) in [5, 5.41) is 3.46. The van der Waals surface area contributed by atoms with Crippen LogP contribution in [0.1, 0.15) is 44.4 Å². The smallest absolute Gasteiger partial charge is 0.0436 e. The number of hydrogen-bond acceptors (Lipinski definition) is 2. The van der Waals surface area contributed by atoms with Crippen molar-refractivity contribution in [2.45, 2.75) is 40.2 Å². The first-order valence-electron chi connectivity index (χ1n) is 7.21. The fraction of sp³-hybridized carbons (Fsp3) is 0.625. The van der Waals surface area contributed by atoms with Gasteiger partial charge in [-0.05, 0) is 24.9 Å². The molecule has 1 N–H and O–H groups in total. The van der Waals surface area contributed by atoms with E-state index < -0.39 is 10.8 Å². The van der Waals surface area contributed by atoms with Crippen LogP contribution in [-0.2, 0) is 10.8 Å². The lowest BCUT2D eigenvalue weighted by Crippen LogP contribution is -2.27. The molecule has 0 saturated carbocycles. The second-order valence-electron chi connectivity index (χ2n) is 5.31. The van der Waals surface area contributed by atoms with Crippen molar-refractivity contribution in [2.24, 2.45) is 5.92 Å². The van der Waals surface area contributed by atoms with Crippen LogP contribution in [-0.4, -0.2) is 22.3 Å². The lowest BCUT2D eigenvalue weighted by atomic mass is 10.1. The fourth-order valence-electron chi connectivity index (χ4n) is 2.10. The summed E-state index contributed by atoms with van der Waals surface area (Å²) in [4.78, 5) is 0. The van der Waals surface area contributed by atoms with E-state index in [1.54, 1.807) is 0 Å². The molecule has 0 bridgehead atoms. The molecule has 0 spiro atoms. The third-order valence-electron chi connectivity index (χ3n) is 3.41. The lowest BCUT2D eigenvalue weighted by molar-refractivity contribution is 0.582. The summed E-state index contributed by atoms with van der Waals surface area (Å²) >= 11 is 0. The molecular formula is C16H27NOS. The van der Waals surface area contributed by atoms with Gasteiger partial charge in [-0.15, -0.1) is 0 Å². The lowest BCUT2D eigenvalue weighted by Gasteiger charge is -2.19. The normalized spacial score (nSPS) is 16.0. The highest BCUT2D eigenvalue weighted by molar-refractivity contribution is 7.85. The van der Waals surface area contributed by atoms with E-state index in [2.05, 4.69) is 57.3 Å². The Hall–Kier alpha value is -0.670. The second-order valence-corrected chi connectivity index (χ2v) is 6.86. The highest BCUT2D eigenvalue weighted by Crippen LogP contribution is 2.17. The predicted molar refractivity (Wildman–Crippen MR) is 84.9 cm³/mol. The van der Waals surface area contributed by atoms with Gasteiger partial charge in [-0.1, -0.05) is 57.0 Å². The topological polar surface area (TPSA) is 29.1 Å². The number of rotatable bonds is 8. The summed E-state index contributed by atoms with van der Waals surface area (Å²) in [6.07, 6.45) is 1.10. The SMILES string of the molecule is CCNC(CS(=O)CC(C)CC)c1cccc(C)c1. The molecule has 3 unspecified atom stereocenters. The molecule has 0 radical (unpaired) electrons. The molecule has 0 fully saturated rings. The highest BCUT2D eigenvalue weighted by Gasteiger charge is 2.15. The monoisotopic (exact) mass is 281 g/mol. The Labute approximate surface area is 120 Å². The molecule has 2 nitrogen and oxygen atoms in total. The number of hydrogen-bond donors (Lipinski definition) is 1. The summed E-state index contributed by atoms with van der Waals surface area (Å²) in [5.74, 6) is 2.06. The highest BCUT2D eigenvalue weighted by atomic mass is 32.2. The van der Waals surface area contributed by atoms with Crippen LogP contribution < -0.4 is 5.32 Å². The largest absolute Gasteiger partial charge is 0.309 e. The van der Waals surface area contributed by atoms with E-state index in [1.807, 2.05) is 0 Å². The predicted octanol–water partition coefficient (Wildman–Crippen LogP) is 3.44. The van der Waals surface area contributed by atoms with E-state index >= 15 is 0 Å². The van der Waals surface area contributed by atoms with Gasteiger partial charge in [-0.25, -0.2) is 0 Å². The van der Waals surface area contributed by atoms with Gasteiger partial charge in [0.05, 0.1) is 0 Å². The van der Waals surface area contributed by atoms with Crippen molar-refractivity contribution in [3.63, 3.8) is 0 Å². The van der Waals surface area contributed by atoms with Crippen LogP contribution in [0.5, 0.6) is 0 Å². The van der Waals surface area contributed by atoms with E-state index in [9.17, 15) is 4.21 Å². The summed E-state index contributed by atoms with van der Waals surface area (Å²) in [6.45, 7) is 9.43. The van der Waals surface area contributed by atoms with Gasteiger partial charge in [-0.2, -0.15) is 0 Å². The van der Waals surface area contributed by atoms with Crippen LogP contribution in [0.2, 0.25) is 0 Å². The molecular weight excluding hydrogens is 254 g/mol. The summed E-state index contributed by atoms with van der Waals surface area (Å²) in [6, 6.07) is 8.69. The standard InChI is InChI=1S/C16H27NOS/c1-5-13(3)11-19(18)12-16(17-6-2)15-9-7-8-14(4)10-15/h7-10,13,16-17H,5-6,11-12H2,1-4H3. The number of nitrogens with one attached hydrogen (secondary N) is 1. The zero-order valence-corrected chi connectivity index (χ0v) is 13.4. The van der Waals surface area contributed by atoms with Crippen molar-refractivity contribution in [2.75, 3.05) is 18.1 Å². The van der Waals surface area contributed by atoms with Crippen LogP contribution in [0, 0.1) is 12.8 Å². The number of benzene rings is 1. The Balaban J connectivity index is 2.70. The minimum atomic E-state index is -0.751. The average Bonchev–Trinajstić information content (AvgIpc) is 2.38. The minimum Gasteiger partial charge on any atom is -0.309 e. The summed E-state index contributed by atoms with van der Waals surface area (Å²) in [5.41, 5.74) is 2.51. The van der Waals surface area contributed by atoms with Crippen molar-refractivity contribution < 1.29 is 4.21 Å². The van der Waals surface area contributed by atoms with Gasteiger partial charge in [0.1, 0.15) is 0 Å². The van der Waals surface area contributed by atoms with Crippen molar-refractivity contribution >= 4 is 10.8 Å². The van der Waals surface area contributed by atoms with Crippen LogP contribution in [0.4, 0.5) is 0 Å². The van der Waals surface area contributed by atoms with Crippen molar-refractivity contribution in [3.05, 3.63) is 35.4 Å². The molecule has 0 aliphatic carbocycles. The summed E-state index contributed by atoms with van der Waals surface area (Å²) in [7, 11) is -0.751. The van der Waals surface area contributed by atoms with E-state index in [1.165, 1.54) is 11.1 Å². The van der Waals surface area contributed by atoms with Crippen molar-refractivity contribution in [1.29, 1.82) is 0 Å². The van der Waals surface area contributed by atoms with Gasteiger partial charge in [0.25, 0.3) is 0 Å². The minimum absolute atomic E-state index is 0.204. The Morgan fingerprint density at radius 3 is 2.58 bits per heavy atom. The van der Waals surface area contributed by atoms with Crippen LogP contribution in [0.15, 0.2) is 24.3 Å². The Morgan fingerprint density at radius 2 is 2.00 bits per heavy atom. The maximum absolute atomic E-state index is 12.2. The van der Waals surface area contributed by atoms with E-state index in [4.69, 9.17) is 0 Å². The third kappa shape index (κ3) is 5.87. The Morgan fingerprint density at radius 1 is 1.26 bits per heavy atom. The summed E-state index contributed by atoms with van der Waals surface area (Å²) < 4.78 is 12.2. The molecule has 0 aromatic heterocycles. The molecule has 1 rings (SSSR count). The molecule has 108 valence electrons. The first-order chi connectivity index (χ1) is 9.06. The molecule has 0 aliphatic heterocycles. The Bertz CT molecular complexity index is 405. The van der Waals surface area contributed by atoms with E-state index in [0.29, 0.717) is 11.7 Å².